The number of hydrazone groups is 1. The summed E-state index contributed by atoms with van der Waals surface area (Å²) in [6.07, 6.45) is 0.686. The molecule has 8 nitrogen and oxygen atoms in total. The summed E-state index contributed by atoms with van der Waals surface area (Å²) in [4.78, 5) is 22.9. The molecule has 10 heteroatoms. The quantitative estimate of drug-likeness (QED) is 0.440. The standard InChI is InChI=1S/C20H20FN3O5S/c1-3-18-19(14-6-9-16(29-12-21)17(10-14)28-2)22-23(20(25)30-18)11-13-4-7-15(8-5-13)24(26)27/h4-10,18H,3,11-12H2,1-2H3. The van der Waals surface area contributed by atoms with Crippen molar-refractivity contribution in [2.24, 2.45) is 5.10 Å². The molecular formula is C20H20FN3O5S. The summed E-state index contributed by atoms with van der Waals surface area (Å²) in [5.41, 5.74) is 2.13. The van der Waals surface area contributed by atoms with Crippen LogP contribution in [0.4, 0.5) is 14.9 Å². The van der Waals surface area contributed by atoms with Crippen LogP contribution in [0.2, 0.25) is 0 Å². The fourth-order valence-corrected chi connectivity index (χ4v) is 3.93. The number of hydrogen-bond acceptors (Lipinski definition) is 7. The van der Waals surface area contributed by atoms with E-state index in [0.29, 0.717) is 17.9 Å². The topological polar surface area (TPSA) is 94.3 Å². The van der Waals surface area contributed by atoms with Gasteiger partial charge in [0.15, 0.2) is 11.5 Å². The third kappa shape index (κ3) is 4.70. The molecular weight excluding hydrogens is 413 g/mol. The van der Waals surface area contributed by atoms with Gasteiger partial charge < -0.3 is 9.47 Å². The van der Waals surface area contributed by atoms with Gasteiger partial charge in [0, 0.05) is 17.7 Å². The number of nitro benzene ring substituents is 1. The number of benzene rings is 2. The molecule has 0 N–H and O–H groups in total. The minimum atomic E-state index is -0.971. The monoisotopic (exact) mass is 433 g/mol. The highest BCUT2D eigenvalue weighted by Crippen LogP contribution is 2.34. The van der Waals surface area contributed by atoms with E-state index in [4.69, 9.17) is 9.47 Å². The maximum absolute atomic E-state index is 12.6. The first kappa shape index (κ1) is 21.6. The van der Waals surface area contributed by atoms with Crippen LogP contribution in [-0.4, -0.2) is 40.1 Å². The second kappa shape index (κ2) is 9.57. The molecule has 0 aliphatic carbocycles. The molecule has 30 heavy (non-hydrogen) atoms. The van der Waals surface area contributed by atoms with Crippen LogP contribution in [0.5, 0.6) is 11.5 Å². The lowest BCUT2D eigenvalue weighted by atomic mass is 10.0. The number of alkyl halides is 1. The number of hydrogen-bond donors (Lipinski definition) is 0. The molecule has 0 fully saturated rings. The van der Waals surface area contributed by atoms with Crippen molar-refractivity contribution < 1.29 is 23.6 Å². The van der Waals surface area contributed by atoms with Gasteiger partial charge in [-0.25, -0.2) is 9.40 Å². The maximum Gasteiger partial charge on any atom is 0.302 e. The summed E-state index contributed by atoms with van der Waals surface area (Å²) in [7, 11) is 1.46. The molecule has 0 saturated carbocycles. The summed E-state index contributed by atoms with van der Waals surface area (Å²) in [5, 5.41) is 16.4. The second-order valence-corrected chi connectivity index (χ2v) is 7.52. The van der Waals surface area contributed by atoms with E-state index < -0.39 is 11.8 Å². The van der Waals surface area contributed by atoms with Gasteiger partial charge in [0.05, 0.1) is 29.5 Å². The predicted octanol–water partition coefficient (Wildman–Crippen LogP) is 4.76. The van der Waals surface area contributed by atoms with E-state index in [1.807, 2.05) is 6.92 Å². The van der Waals surface area contributed by atoms with E-state index in [1.54, 1.807) is 30.3 Å². The lowest BCUT2D eigenvalue weighted by molar-refractivity contribution is -0.384. The fraction of sp³-hybridized carbons (Fsp3) is 0.300. The fourth-order valence-electron chi connectivity index (χ4n) is 2.99. The van der Waals surface area contributed by atoms with Gasteiger partial charge in [0.1, 0.15) is 0 Å². The largest absolute Gasteiger partial charge is 0.493 e. The molecule has 2 aromatic carbocycles. The molecule has 1 unspecified atom stereocenters. The van der Waals surface area contributed by atoms with Crippen LogP contribution in [0.3, 0.4) is 0 Å². The Balaban J connectivity index is 1.91. The van der Waals surface area contributed by atoms with Crippen molar-refractivity contribution in [3.63, 3.8) is 0 Å². The Bertz CT molecular complexity index is 967. The van der Waals surface area contributed by atoms with Crippen molar-refractivity contribution in [1.29, 1.82) is 0 Å². The lowest BCUT2D eigenvalue weighted by Crippen LogP contribution is -2.34. The summed E-state index contributed by atoms with van der Waals surface area (Å²) in [5.74, 6) is 0.645. The third-order valence-electron chi connectivity index (χ3n) is 4.51. The first-order valence-electron chi connectivity index (χ1n) is 9.14. The average Bonchev–Trinajstić information content (AvgIpc) is 2.75. The molecule has 0 aromatic heterocycles. The van der Waals surface area contributed by atoms with Crippen molar-refractivity contribution in [2.75, 3.05) is 14.0 Å². The number of methoxy groups -OCH3 is 1. The van der Waals surface area contributed by atoms with Gasteiger partial charge in [-0.05, 0) is 30.2 Å². The van der Waals surface area contributed by atoms with E-state index >= 15 is 0 Å². The number of non-ortho nitro benzene ring substituents is 1. The molecule has 0 radical (unpaired) electrons. The van der Waals surface area contributed by atoms with Gasteiger partial charge in [-0.2, -0.15) is 5.10 Å². The van der Waals surface area contributed by atoms with Crippen molar-refractivity contribution in [3.05, 3.63) is 63.7 Å². The molecule has 0 spiro atoms. The number of rotatable bonds is 8. The van der Waals surface area contributed by atoms with Crippen LogP contribution in [0.15, 0.2) is 47.6 Å². The Labute approximate surface area is 176 Å². The SMILES string of the molecule is CCC1SC(=O)N(Cc2ccc([N+](=O)[O-])cc2)N=C1c1ccc(OCF)c(OC)c1. The van der Waals surface area contributed by atoms with Crippen LogP contribution in [0, 0.1) is 10.1 Å². The molecule has 1 atom stereocenters. The number of carbonyl (C=O) groups excluding carboxylic acids is 1. The summed E-state index contributed by atoms with van der Waals surface area (Å²) in [6.45, 7) is 1.18. The maximum atomic E-state index is 12.6. The van der Waals surface area contributed by atoms with E-state index in [0.717, 1.165) is 11.1 Å². The Morgan fingerprint density at radius 3 is 2.57 bits per heavy atom. The molecule has 0 saturated heterocycles. The summed E-state index contributed by atoms with van der Waals surface area (Å²) >= 11 is 1.17. The van der Waals surface area contributed by atoms with E-state index in [9.17, 15) is 19.3 Å². The first-order valence-corrected chi connectivity index (χ1v) is 10.0. The number of ether oxygens (including phenoxy) is 2. The van der Waals surface area contributed by atoms with Gasteiger partial charge in [0.2, 0.25) is 6.86 Å². The normalized spacial score (nSPS) is 16.2. The van der Waals surface area contributed by atoms with E-state index in [1.165, 1.54) is 36.0 Å². The number of nitrogens with zero attached hydrogens (tertiary/aromatic N) is 3. The minimum absolute atomic E-state index is 0.0176. The van der Waals surface area contributed by atoms with Crippen molar-refractivity contribution >= 4 is 28.4 Å². The van der Waals surface area contributed by atoms with Gasteiger partial charge in [-0.15, -0.1) is 0 Å². The van der Waals surface area contributed by atoms with Crippen molar-refractivity contribution in [1.82, 2.24) is 5.01 Å². The third-order valence-corrected chi connectivity index (χ3v) is 5.76. The molecule has 0 bridgehead atoms. The van der Waals surface area contributed by atoms with Crippen LogP contribution in [0.1, 0.15) is 24.5 Å². The average molecular weight is 433 g/mol. The lowest BCUT2D eigenvalue weighted by Gasteiger charge is -2.28. The smallest absolute Gasteiger partial charge is 0.302 e. The van der Waals surface area contributed by atoms with Gasteiger partial charge in [-0.3, -0.25) is 14.9 Å². The summed E-state index contributed by atoms with van der Waals surface area (Å²) in [6, 6.07) is 11.0. The van der Waals surface area contributed by atoms with Crippen LogP contribution in [0.25, 0.3) is 0 Å². The number of amides is 1. The highest BCUT2D eigenvalue weighted by molar-refractivity contribution is 8.14. The zero-order chi connectivity index (χ0) is 21.7. The molecule has 3 rings (SSSR count). The Kier molecular flexibility index (Phi) is 6.88. The van der Waals surface area contributed by atoms with E-state index in [2.05, 4.69) is 5.10 Å². The number of thioether (sulfide) groups is 1. The van der Waals surface area contributed by atoms with Crippen molar-refractivity contribution in [2.45, 2.75) is 25.1 Å². The van der Waals surface area contributed by atoms with Crippen LogP contribution in [-0.2, 0) is 6.54 Å². The van der Waals surface area contributed by atoms with Gasteiger partial charge >= 0.3 is 5.24 Å². The second-order valence-electron chi connectivity index (χ2n) is 6.37. The highest BCUT2D eigenvalue weighted by Gasteiger charge is 2.30. The molecule has 1 amide bonds. The predicted molar refractivity (Wildman–Crippen MR) is 112 cm³/mol. The minimum Gasteiger partial charge on any atom is -0.493 e. The number of halogens is 1. The summed E-state index contributed by atoms with van der Waals surface area (Å²) < 4.78 is 22.8. The molecule has 158 valence electrons. The Morgan fingerprint density at radius 1 is 1.23 bits per heavy atom. The van der Waals surface area contributed by atoms with Crippen LogP contribution >= 0.6 is 11.8 Å². The highest BCUT2D eigenvalue weighted by atomic mass is 32.2. The van der Waals surface area contributed by atoms with Gasteiger partial charge in [0.25, 0.3) is 5.69 Å². The van der Waals surface area contributed by atoms with Crippen LogP contribution < -0.4 is 9.47 Å². The van der Waals surface area contributed by atoms with Gasteiger partial charge in [-0.1, -0.05) is 30.8 Å². The molecule has 1 aliphatic rings. The first-order chi connectivity index (χ1) is 14.5. The zero-order valence-corrected chi connectivity index (χ0v) is 17.2. The number of nitro groups is 1. The molecule has 1 heterocycles. The molecule has 1 aliphatic heterocycles. The number of carbonyl (C=O) groups is 1. The van der Waals surface area contributed by atoms with Crippen molar-refractivity contribution in [3.8, 4) is 11.5 Å². The molecule has 2 aromatic rings. The Morgan fingerprint density at radius 2 is 1.97 bits per heavy atom. The zero-order valence-electron chi connectivity index (χ0n) is 16.4. The Hall–Kier alpha value is -3.14. The van der Waals surface area contributed by atoms with E-state index in [-0.39, 0.29) is 28.5 Å².